The van der Waals surface area contributed by atoms with Crippen LogP contribution in [0.5, 0.6) is 5.75 Å². The molecule has 0 saturated carbocycles. The first-order chi connectivity index (χ1) is 14.6. The number of aromatic nitrogens is 1. The number of methoxy groups -OCH3 is 1. The van der Waals surface area contributed by atoms with Gasteiger partial charge in [0.25, 0.3) is 0 Å². The summed E-state index contributed by atoms with van der Waals surface area (Å²) in [6, 6.07) is 2.88. The van der Waals surface area contributed by atoms with Gasteiger partial charge in [-0.1, -0.05) is 20.8 Å². The van der Waals surface area contributed by atoms with Gasteiger partial charge in [0.2, 0.25) is 5.91 Å². The van der Waals surface area contributed by atoms with Crippen molar-refractivity contribution in [1.29, 1.82) is 0 Å². The highest BCUT2D eigenvalue weighted by molar-refractivity contribution is 5.98. The number of alkyl carbamates (subject to hydrolysis) is 1. The number of amides is 2. The smallest absolute Gasteiger partial charge is 0.408 e. The molecule has 0 unspecified atom stereocenters. The predicted molar refractivity (Wildman–Crippen MR) is 119 cm³/mol. The maximum atomic E-state index is 13.1. The number of benzene rings is 1. The molecule has 0 bridgehead atoms. The molecule has 0 aliphatic rings. The summed E-state index contributed by atoms with van der Waals surface area (Å²) in [5, 5.41) is 5.64. The maximum absolute atomic E-state index is 13.1. The quantitative estimate of drug-likeness (QED) is 0.623. The molecule has 2 N–H and O–H groups in total. The van der Waals surface area contributed by atoms with Crippen LogP contribution in [0.15, 0.2) is 29.1 Å². The zero-order valence-corrected chi connectivity index (χ0v) is 19.4. The predicted octanol–water partition coefficient (Wildman–Crippen LogP) is 4.79. The Balaban J connectivity index is 2.29. The lowest BCUT2D eigenvalue weighted by atomic mass is 10.0. The average Bonchev–Trinajstić information content (AvgIpc) is 3.19. The minimum absolute atomic E-state index is 0.194. The van der Waals surface area contributed by atoms with E-state index in [4.69, 9.17) is 13.9 Å². The van der Waals surface area contributed by atoms with Crippen molar-refractivity contribution in [3.8, 4) is 17.1 Å². The molecule has 0 fully saturated rings. The molecule has 8 heteroatoms. The summed E-state index contributed by atoms with van der Waals surface area (Å²) in [5.41, 5.74) is 1.54. The molecule has 0 radical (unpaired) electrons. The summed E-state index contributed by atoms with van der Waals surface area (Å²) in [5.74, 6) is 1.06. The number of hydrogen-bond acceptors (Lipinski definition) is 6. The number of carbonyl (C=O) groups is 2. The van der Waals surface area contributed by atoms with Gasteiger partial charge in [0, 0.05) is 11.3 Å². The van der Waals surface area contributed by atoms with E-state index in [1.807, 2.05) is 26.8 Å². The van der Waals surface area contributed by atoms with Crippen LogP contribution in [-0.4, -0.2) is 35.7 Å². The molecule has 2 amide bonds. The van der Waals surface area contributed by atoms with E-state index in [0.29, 0.717) is 30.0 Å². The number of rotatable bonds is 8. The molecule has 0 saturated heterocycles. The summed E-state index contributed by atoms with van der Waals surface area (Å²) in [4.78, 5) is 29.3. The highest BCUT2D eigenvalue weighted by Crippen LogP contribution is 2.37. The van der Waals surface area contributed by atoms with Gasteiger partial charge in [-0.3, -0.25) is 4.79 Å². The van der Waals surface area contributed by atoms with E-state index in [-0.39, 0.29) is 11.8 Å². The Bertz CT molecular complexity index is 885. The van der Waals surface area contributed by atoms with Crippen LogP contribution in [0, 0.1) is 5.92 Å². The summed E-state index contributed by atoms with van der Waals surface area (Å²) < 4.78 is 16.4. The molecule has 2 rings (SSSR count). The number of hydrogen-bond donors (Lipinski definition) is 2. The number of ether oxygens (including phenoxy) is 2. The van der Waals surface area contributed by atoms with Crippen molar-refractivity contribution in [2.75, 3.05) is 12.4 Å². The number of nitrogens with zero attached hydrogens (tertiary/aromatic N) is 1. The van der Waals surface area contributed by atoms with E-state index >= 15 is 0 Å². The average molecular weight is 432 g/mol. The van der Waals surface area contributed by atoms with Crippen molar-refractivity contribution < 1.29 is 23.5 Å². The minimum atomic E-state index is -0.737. The first-order valence-electron chi connectivity index (χ1n) is 10.4. The van der Waals surface area contributed by atoms with E-state index < -0.39 is 17.7 Å². The summed E-state index contributed by atoms with van der Waals surface area (Å²) in [6.45, 7) is 11.3. The van der Waals surface area contributed by atoms with Gasteiger partial charge in [0.15, 0.2) is 12.2 Å². The monoisotopic (exact) mass is 431 g/mol. The molecule has 1 aromatic heterocycles. The second-order valence-electron chi connectivity index (χ2n) is 8.71. The molecule has 1 atom stereocenters. The molecule has 0 aliphatic heterocycles. The number of carbonyl (C=O) groups excluding carboxylic acids is 2. The van der Waals surface area contributed by atoms with Gasteiger partial charge in [-0.2, -0.15) is 0 Å². The van der Waals surface area contributed by atoms with E-state index in [1.165, 1.54) is 6.39 Å². The molecular formula is C23H33N3O5. The normalized spacial score (nSPS) is 12.4. The Morgan fingerprint density at radius 3 is 2.45 bits per heavy atom. The molecule has 1 aromatic carbocycles. The maximum Gasteiger partial charge on any atom is 0.408 e. The van der Waals surface area contributed by atoms with Gasteiger partial charge in [-0.05, 0) is 51.7 Å². The molecule has 0 aliphatic carbocycles. The van der Waals surface area contributed by atoms with Crippen molar-refractivity contribution in [1.82, 2.24) is 10.3 Å². The molecule has 8 nitrogen and oxygen atoms in total. The standard InChI is InChI=1S/C23H33N3O5/c1-8-15-17(10-9-16(20(15)29-7)19-12-24-13-30-19)25-21(27)18(11-14(2)3)26-22(28)31-23(4,5)6/h9-10,12-14,18H,8,11H2,1-7H3,(H,25,27)(H,26,28)/t18-/m1/s1. The van der Waals surface area contributed by atoms with Crippen LogP contribution in [0.3, 0.4) is 0 Å². The van der Waals surface area contributed by atoms with E-state index in [0.717, 1.165) is 11.1 Å². The van der Waals surface area contributed by atoms with Gasteiger partial charge in [0.05, 0.1) is 18.9 Å². The van der Waals surface area contributed by atoms with Crippen molar-refractivity contribution in [3.05, 3.63) is 30.3 Å². The number of oxazole rings is 1. The zero-order valence-electron chi connectivity index (χ0n) is 19.4. The van der Waals surface area contributed by atoms with Crippen LogP contribution in [-0.2, 0) is 16.0 Å². The van der Waals surface area contributed by atoms with Crippen LogP contribution in [0.1, 0.15) is 53.5 Å². The lowest BCUT2D eigenvalue weighted by Gasteiger charge is -2.25. The van der Waals surface area contributed by atoms with Crippen molar-refractivity contribution in [2.45, 2.75) is 66.0 Å². The van der Waals surface area contributed by atoms with Crippen molar-refractivity contribution >= 4 is 17.7 Å². The van der Waals surface area contributed by atoms with Gasteiger partial charge in [0.1, 0.15) is 17.4 Å². The van der Waals surface area contributed by atoms with Gasteiger partial charge >= 0.3 is 6.09 Å². The van der Waals surface area contributed by atoms with Gasteiger partial charge in [-0.15, -0.1) is 0 Å². The van der Waals surface area contributed by atoms with Crippen molar-refractivity contribution in [2.24, 2.45) is 5.92 Å². The third-order valence-electron chi connectivity index (χ3n) is 4.49. The van der Waals surface area contributed by atoms with Crippen LogP contribution in [0.25, 0.3) is 11.3 Å². The molecule has 1 heterocycles. The Morgan fingerprint density at radius 2 is 1.94 bits per heavy atom. The lowest BCUT2D eigenvalue weighted by Crippen LogP contribution is -2.46. The lowest BCUT2D eigenvalue weighted by molar-refractivity contribution is -0.118. The Hall–Kier alpha value is -3.03. The van der Waals surface area contributed by atoms with E-state index in [1.54, 1.807) is 40.1 Å². The highest BCUT2D eigenvalue weighted by atomic mass is 16.6. The molecular weight excluding hydrogens is 398 g/mol. The van der Waals surface area contributed by atoms with Crippen LogP contribution in [0.4, 0.5) is 10.5 Å². The summed E-state index contributed by atoms with van der Waals surface area (Å²) >= 11 is 0. The summed E-state index contributed by atoms with van der Waals surface area (Å²) in [6.07, 6.45) is 3.44. The molecule has 2 aromatic rings. The molecule has 0 spiro atoms. The summed E-state index contributed by atoms with van der Waals surface area (Å²) in [7, 11) is 1.57. The third kappa shape index (κ3) is 6.73. The fraction of sp³-hybridized carbons (Fsp3) is 0.522. The topological polar surface area (TPSA) is 103 Å². The van der Waals surface area contributed by atoms with Crippen LogP contribution in [0.2, 0.25) is 0 Å². The highest BCUT2D eigenvalue weighted by Gasteiger charge is 2.26. The second-order valence-corrected chi connectivity index (χ2v) is 8.71. The minimum Gasteiger partial charge on any atom is -0.496 e. The van der Waals surface area contributed by atoms with Crippen molar-refractivity contribution in [3.63, 3.8) is 0 Å². The Kier molecular flexibility index (Phi) is 8.08. The van der Waals surface area contributed by atoms with Crippen LogP contribution < -0.4 is 15.4 Å². The number of nitrogens with one attached hydrogen (secondary N) is 2. The first-order valence-corrected chi connectivity index (χ1v) is 10.4. The largest absolute Gasteiger partial charge is 0.496 e. The van der Waals surface area contributed by atoms with E-state index in [9.17, 15) is 9.59 Å². The van der Waals surface area contributed by atoms with Gasteiger partial charge in [-0.25, -0.2) is 9.78 Å². The molecule has 31 heavy (non-hydrogen) atoms. The van der Waals surface area contributed by atoms with Gasteiger partial charge < -0.3 is 24.5 Å². The third-order valence-corrected chi connectivity index (χ3v) is 4.49. The second kappa shape index (κ2) is 10.3. The number of anilines is 1. The van der Waals surface area contributed by atoms with Crippen LogP contribution >= 0.6 is 0 Å². The zero-order chi connectivity index (χ0) is 23.2. The Labute approximate surface area is 183 Å². The molecule has 170 valence electrons. The fourth-order valence-corrected chi connectivity index (χ4v) is 3.24. The first kappa shape index (κ1) is 24.2. The fourth-order valence-electron chi connectivity index (χ4n) is 3.24. The van der Waals surface area contributed by atoms with E-state index in [2.05, 4.69) is 15.6 Å². The SMILES string of the molecule is CCc1c(NC(=O)[C@@H](CC(C)C)NC(=O)OC(C)(C)C)ccc(-c2cnco2)c1OC. The Morgan fingerprint density at radius 1 is 1.23 bits per heavy atom.